The number of H-pyrrole nitrogens is 1. The molecule has 3 atom stereocenters. The molecular weight excluding hydrogens is 646 g/mol. The summed E-state index contributed by atoms with van der Waals surface area (Å²) in [7, 11) is 1.46. The number of imide groups is 1. The number of carbonyl (C=O) groups excluding carboxylic acids is 3. The van der Waals surface area contributed by atoms with E-state index in [4.69, 9.17) is 9.47 Å². The minimum Gasteiger partial charge on any atom is -0.508 e. The fraction of sp³-hybridized carbons (Fsp3) is 0.172. The Morgan fingerprint density at radius 2 is 1.76 bits per heavy atom. The monoisotopic (exact) mass is 667 g/mol. The van der Waals surface area contributed by atoms with E-state index in [1.165, 1.54) is 35.9 Å². The first kappa shape index (κ1) is 28.1. The molecule has 1 fully saturated rings. The van der Waals surface area contributed by atoms with E-state index in [0.29, 0.717) is 38.3 Å². The molecular formula is C29H22BrN3O7S2. The lowest BCUT2D eigenvalue weighted by molar-refractivity contribution is -0.122. The van der Waals surface area contributed by atoms with Crippen LogP contribution >= 0.6 is 39.0 Å². The summed E-state index contributed by atoms with van der Waals surface area (Å²) in [5, 5.41) is 11.9. The smallest absolute Gasteiger partial charge is 0.305 e. The van der Waals surface area contributed by atoms with Crippen LogP contribution in [0.5, 0.6) is 17.2 Å². The fourth-order valence-electron chi connectivity index (χ4n) is 5.10. The molecule has 6 rings (SSSR count). The van der Waals surface area contributed by atoms with Crippen LogP contribution in [0.15, 0.2) is 81.0 Å². The van der Waals surface area contributed by atoms with Gasteiger partial charge in [0.05, 0.1) is 23.7 Å². The molecule has 3 aromatic carbocycles. The first-order chi connectivity index (χ1) is 20.2. The quantitative estimate of drug-likeness (QED) is 0.190. The summed E-state index contributed by atoms with van der Waals surface area (Å²) in [4.78, 5) is 56.7. The van der Waals surface area contributed by atoms with Crippen molar-refractivity contribution in [3.8, 4) is 17.2 Å². The Bertz CT molecular complexity index is 1750. The lowest BCUT2D eigenvalue weighted by Crippen LogP contribution is -2.32. The minimum atomic E-state index is -0.752. The number of fused-ring (bicyclic) bond motifs is 2. The number of ether oxygens (including phenoxy) is 2. The van der Waals surface area contributed by atoms with E-state index in [0.717, 1.165) is 15.8 Å². The van der Waals surface area contributed by atoms with Gasteiger partial charge in [-0.3, -0.25) is 19.2 Å². The highest BCUT2D eigenvalue weighted by molar-refractivity contribution is 9.10. The molecule has 2 aliphatic rings. The number of thioether (sulfide) groups is 1. The first-order valence-electron chi connectivity index (χ1n) is 12.7. The zero-order chi connectivity index (χ0) is 29.5. The second-order valence-corrected chi connectivity index (χ2v) is 12.6. The van der Waals surface area contributed by atoms with Gasteiger partial charge < -0.3 is 24.9 Å². The second kappa shape index (κ2) is 11.3. The van der Waals surface area contributed by atoms with Crippen molar-refractivity contribution in [3.05, 3.63) is 91.3 Å². The average Bonchev–Trinajstić information content (AvgIpc) is 3.47. The minimum absolute atomic E-state index is 0.0840. The Morgan fingerprint density at radius 3 is 2.48 bits per heavy atom. The van der Waals surface area contributed by atoms with Crippen molar-refractivity contribution in [2.45, 2.75) is 16.2 Å². The molecule has 3 N–H and O–H groups in total. The van der Waals surface area contributed by atoms with E-state index < -0.39 is 23.0 Å². The molecule has 10 nitrogen and oxygen atoms in total. The molecule has 0 unspecified atom stereocenters. The fourth-order valence-corrected chi connectivity index (χ4v) is 7.88. The van der Waals surface area contributed by atoms with Gasteiger partial charge in [0.2, 0.25) is 11.8 Å². The summed E-state index contributed by atoms with van der Waals surface area (Å²) in [6.45, 7) is -0.305. The number of phenols is 1. The number of benzene rings is 3. The molecule has 42 heavy (non-hydrogen) atoms. The number of rotatable bonds is 7. The highest BCUT2D eigenvalue weighted by atomic mass is 79.9. The van der Waals surface area contributed by atoms with Gasteiger partial charge in [0.25, 0.3) is 5.91 Å². The van der Waals surface area contributed by atoms with Gasteiger partial charge in [-0.15, -0.1) is 0 Å². The van der Waals surface area contributed by atoms with Crippen molar-refractivity contribution in [3.63, 3.8) is 0 Å². The zero-order valence-electron chi connectivity index (χ0n) is 21.8. The van der Waals surface area contributed by atoms with Gasteiger partial charge >= 0.3 is 4.87 Å². The molecule has 1 saturated heterocycles. The van der Waals surface area contributed by atoms with E-state index in [-0.39, 0.29) is 29.0 Å². The average molecular weight is 669 g/mol. The van der Waals surface area contributed by atoms with E-state index >= 15 is 0 Å². The lowest BCUT2D eigenvalue weighted by Gasteiger charge is -2.30. The van der Waals surface area contributed by atoms with Crippen LogP contribution in [0.2, 0.25) is 0 Å². The van der Waals surface area contributed by atoms with Gasteiger partial charge in [0.15, 0.2) is 18.1 Å². The van der Waals surface area contributed by atoms with E-state index in [2.05, 4.69) is 26.2 Å². The second-order valence-electron chi connectivity index (χ2n) is 9.53. The molecule has 1 aromatic heterocycles. The third kappa shape index (κ3) is 5.19. The van der Waals surface area contributed by atoms with E-state index in [1.54, 1.807) is 54.6 Å². The number of amides is 3. The normalized spacial score (nSPS) is 19.3. The number of nitrogens with zero attached hydrogens (tertiary/aromatic N) is 1. The number of carbonyl (C=O) groups is 3. The molecule has 3 heterocycles. The highest BCUT2D eigenvalue weighted by Crippen LogP contribution is 2.53. The number of halogens is 1. The maximum Gasteiger partial charge on any atom is 0.305 e. The van der Waals surface area contributed by atoms with Crippen LogP contribution in [0, 0.1) is 5.92 Å². The molecule has 2 aliphatic heterocycles. The standard InChI is InChI=1S/C29H22BrN3O7S2/c1-39-20-12-14(2-11-19(20)40-13-21(35)31-16-5-9-18(34)10-6-16)22-23-25(41-26-24(22)42-29(38)32-26)28(37)33(27(23)36)17-7-3-15(30)4-8-17/h2-12,22-23,25,34H,13H2,1H3,(H,31,35)(H,32,38)/t22-,23-,25+/m0/s1. The Kier molecular flexibility index (Phi) is 7.56. The van der Waals surface area contributed by atoms with Gasteiger partial charge in [0.1, 0.15) is 11.0 Å². The number of aromatic nitrogens is 1. The first-order valence-corrected chi connectivity index (χ1v) is 15.1. The number of nitrogens with one attached hydrogen (secondary N) is 2. The van der Waals surface area contributed by atoms with Crippen LogP contribution in [0.1, 0.15) is 16.4 Å². The molecule has 0 bridgehead atoms. The summed E-state index contributed by atoms with van der Waals surface area (Å²) in [5.41, 5.74) is 1.65. The molecule has 0 spiro atoms. The number of anilines is 2. The summed E-state index contributed by atoms with van der Waals surface area (Å²) >= 11 is 5.61. The van der Waals surface area contributed by atoms with Crippen LogP contribution < -0.4 is 24.6 Å². The van der Waals surface area contributed by atoms with Crippen LogP contribution in [-0.2, 0) is 14.4 Å². The predicted molar refractivity (Wildman–Crippen MR) is 162 cm³/mol. The van der Waals surface area contributed by atoms with Gasteiger partial charge in [-0.1, -0.05) is 45.1 Å². The number of hydrogen-bond donors (Lipinski definition) is 3. The van der Waals surface area contributed by atoms with Gasteiger partial charge in [-0.25, -0.2) is 4.90 Å². The largest absolute Gasteiger partial charge is 0.508 e. The molecule has 0 aliphatic carbocycles. The van der Waals surface area contributed by atoms with Crippen molar-refractivity contribution in [1.29, 1.82) is 0 Å². The molecule has 0 saturated carbocycles. The summed E-state index contributed by atoms with van der Waals surface area (Å²) < 4.78 is 12.1. The molecule has 3 amide bonds. The van der Waals surface area contributed by atoms with E-state index in [1.807, 2.05) is 0 Å². The Balaban J connectivity index is 1.29. The molecule has 0 radical (unpaired) electrons. The van der Waals surface area contributed by atoms with Crippen molar-refractivity contribution >= 4 is 68.1 Å². The zero-order valence-corrected chi connectivity index (χ0v) is 25.0. The van der Waals surface area contributed by atoms with E-state index in [9.17, 15) is 24.3 Å². The Morgan fingerprint density at radius 1 is 1.02 bits per heavy atom. The van der Waals surface area contributed by atoms with Gasteiger partial charge in [-0.05, 0) is 66.2 Å². The topological polar surface area (TPSA) is 138 Å². The van der Waals surface area contributed by atoms with Crippen molar-refractivity contribution in [1.82, 2.24) is 4.98 Å². The number of aromatic amines is 1. The predicted octanol–water partition coefficient (Wildman–Crippen LogP) is 4.73. The van der Waals surface area contributed by atoms with Gasteiger partial charge in [-0.2, -0.15) is 0 Å². The number of thiazole rings is 1. The lowest BCUT2D eigenvalue weighted by atomic mass is 9.83. The highest BCUT2D eigenvalue weighted by Gasteiger charge is 2.56. The third-order valence-electron chi connectivity index (χ3n) is 6.97. The Labute approximate surface area is 255 Å². The molecule has 214 valence electrons. The maximum absolute atomic E-state index is 13.9. The van der Waals surface area contributed by atoms with Crippen LogP contribution in [-0.4, -0.2) is 46.8 Å². The van der Waals surface area contributed by atoms with Gasteiger partial charge in [0, 0.05) is 21.0 Å². The molecule has 13 heteroatoms. The van der Waals surface area contributed by atoms with Crippen molar-refractivity contribution < 1.29 is 29.0 Å². The summed E-state index contributed by atoms with van der Waals surface area (Å²) in [6.07, 6.45) is 0. The number of phenolic OH excluding ortho intramolecular Hbond substituents is 1. The van der Waals surface area contributed by atoms with Crippen LogP contribution in [0.3, 0.4) is 0 Å². The molecule has 4 aromatic rings. The van der Waals surface area contributed by atoms with Crippen LogP contribution in [0.25, 0.3) is 0 Å². The SMILES string of the molecule is COc1cc([C@@H]2c3sc(=O)[nH]c3S[C@H]3C(=O)N(c4ccc(Br)cc4)C(=O)[C@@H]23)ccc1OCC(=O)Nc1ccc(O)cc1. The third-order valence-corrected chi connectivity index (χ3v) is 9.90. The number of hydrogen-bond acceptors (Lipinski definition) is 9. The summed E-state index contributed by atoms with van der Waals surface area (Å²) in [5.74, 6) is -1.73. The van der Waals surface area contributed by atoms with Crippen molar-refractivity contribution in [2.75, 3.05) is 23.9 Å². The Hall–Kier alpha value is -4.07. The summed E-state index contributed by atoms with van der Waals surface area (Å²) in [6, 6.07) is 18.1. The number of aromatic hydroxyl groups is 1. The van der Waals surface area contributed by atoms with Crippen LogP contribution in [0.4, 0.5) is 11.4 Å². The maximum atomic E-state index is 13.9. The van der Waals surface area contributed by atoms with Crippen molar-refractivity contribution in [2.24, 2.45) is 5.92 Å². The number of methoxy groups -OCH3 is 1.